The number of nitrogens with zero attached hydrogens (tertiary/aromatic N) is 1. The summed E-state index contributed by atoms with van der Waals surface area (Å²) in [6.45, 7) is 4.17. The van der Waals surface area contributed by atoms with Crippen LogP contribution < -0.4 is 5.32 Å². The van der Waals surface area contributed by atoms with Gasteiger partial charge in [-0.2, -0.15) is 0 Å². The predicted octanol–water partition coefficient (Wildman–Crippen LogP) is 2.55. The molecule has 1 aliphatic heterocycles. The average molecular weight is 400 g/mol. The summed E-state index contributed by atoms with van der Waals surface area (Å²) in [7, 11) is 0. The monoisotopic (exact) mass is 400 g/mol. The summed E-state index contributed by atoms with van der Waals surface area (Å²) in [4.78, 5) is 49.7. The molecule has 7 nitrogen and oxygen atoms in total. The minimum absolute atomic E-state index is 0.0392. The Bertz CT molecular complexity index is 771. The summed E-state index contributed by atoms with van der Waals surface area (Å²) in [5.74, 6) is -0.503. The highest BCUT2D eigenvalue weighted by molar-refractivity contribution is 6.21. The Morgan fingerprint density at radius 1 is 1.10 bits per heavy atom. The number of nitrogens with one attached hydrogen (secondary N) is 1. The highest BCUT2D eigenvalue weighted by atomic mass is 16.5. The number of benzene rings is 1. The van der Waals surface area contributed by atoms with Crippen LogP contribution in [0.5, 0.6) is 0 Å². The van der Waals surface area contributed by atoms with Crippen LogP contribution in [0.15, 0.2) is 24.3 Å². The maximum Gasteiger partial charge on any atom is 0.306 e. The van der Waals surface area contributed by atoms with Crippen LogP contribution >= 0.6 is 0 Å². The third-order valence-electron chi connectivity index (χ3n) is 6.06. The smallest absolute Gasteiger partial charge is 0.306 e. The van der Waals surface area contributed by atoms with Gasteiger partial charge in [0.15, 0.2) is 6.61 Å². The minimum Gasteiger partial charge on any atom is -0.456 e. The first-order chi connectivity index (χ1) is 13.9. The molecule has 1 aliphatic carbocycles. The molecule has 1 saturated carbocycles. The highest BCUT2D eigenvalue weighted by Gasteiger charge is 2.34. The molecule has 156 valence electrons. The molecule has 1 aromatic rings. The minimum atomic E-state index is -0.512. The second kappa shape index (κ2) is 9.20. The van der Waals surface area contributed by atoms with E-state index in [-0.39, 0.29) is 43.3 Å². The first-order valence-corrected chi connectivity index (χ1v) is 10.3. The summed E-state index contributed by atoms with van der Waals surface area (Å²) in [6.07, 6.45) is 3.55. The van der Waals surface area contributed by atoms with Gasteiger partial charge in [0.1, 0.15) is 0 Å². The number of fused-ring (bicyclic) bond motifs is 1. The largest absolute Gasteiger partial charge is 0.456 e. The molecule has 0 radical (unpaired) electrons. The van der Waals surface area contributed by atoms with Crippen molar-refractivity contribution in [1.29, 1.82) is 0 Å². The van der Waals surface area contributed by atoms with E-state index < -0.39 is 5.97 Å². The van der Waals surface area contributed by atoms with Gasteiger partial charge < -0.3 is 10.1 Å². The number of ether oxygens (including phenoxy) is 1. The van der Waals surface area contributed by atoms with E-state index in [2.05, 4.69) is 19.2 Å². The van der Waals surface area contributed by atoms with E-state index in [1.807, 2.05) is 0 Å². The fourth-order valence-electron chi connectivity index (χ4n) is 4.08. The van der Waals surface area contributed by atoms with Crippen LogP contribution in [0, 0.1) is 11.8 Å². The molecule has 0 spiro atoms. The topological polar surface area (TPSA) is 92.8 Å². The summed E-state index contributed by atoms with van der Waals surface area (Å²) in [5, 5.41) is 2.96. The van der Waals surface area contributed by atoms with Crippen molar-refractivity contribution in [2.24, 2.45) is 11.8 Å². The van der Waals surface area contributed by atoms with Crippen LogP contribution in [0.2, 0.25) is 0 Å². The van der Waals surface area contributed by atoms with Gasteiger partial charge in [0.2, 0.25) is 0 Å². The fourth-order valence-corrected chi connectivity index (χ4v) is 4.08. The molecule has 1 N–H and O–H groups in total. The van der Waals surface area contributed by atoms with Crippen molar-refractivity contribution in [1.82, 2.24) is 10.2 Å². The summed E-state index contributed by atoms with van der Waals surface area (Å²) >= 11 is 0. The standard InChI is InChI=1S/C22H28N2O5/c1-14-7-5-10-18(15(14)2)23-19(25)13-29-20(26)11-6-12-24-21(27)16-8-3-4-9-17(16)22(24)28/h3-4,8-9,14-15,18H,5-7,10-13H2,1-2H3,(H,23,25)/t14-,15-,18+/m1/s1. The summed E-state index contributed by atoms with van der Waals surface area (Å²) < 4.78 is 5.05. The normalized spacial score (nSPS) is 23.7. The van der Waals surface area contributed by atoms with E-state index in [4.69, 9.17) is 4.74 Å². The van der Waals surface area contributed by atoms with E-state index >= 15 is 0 Å². The molecule has 7 heteroatoms. The molecule has 3 rings (SSSR count). The molecule has 3 atom stereocenters. The van der Waals surface area contributed by atoms with Crippen molar-refractivity contribution in [3.63, 3.8) is 0 Å². The second-order valence-electron chi connectivity index (χ2n) is 8.01. The number of carbonyl (C=O) groups is 4. The average Bonchev–Trinajstić information content (AvgIpc) is 2.95. The molecule has 1 aromatic carbocycles. The molecule has 0 aromatic heterocycles. The lowest BCUT2D eigenvalue weighted by Crippen LogP contribution is -2.45. The fraction of sp³-hybridized carbons (Fsp3) is 0.545. The van der Waals surface area contributed by atoms with Crippen LogP contribution in [0.1, 0.15) is 66.7 Å². The van der Waals surface area contributed by atoms with Crippen LogP contribution in [0.4, 0.5) is 0 Å². The molecule has 3 amide bonds. The number of hydrogen-bond acceptors (Lipinski definition) is 5. The summed E-state index contributed by atoms with van der Waals surface area (Å²) in [6, 6.07) is 6.79. The number of amides is 3. The number of imide groups is 1. The van der Waals surface area contributed by atoms with E-state index in [9.17, 15) is 19.2 Å². The van der Waals surface area contributed by atoms with Crippen molar-refractivity contribution >= 4 is 23.7 Å². The van der Waals surface area contributed by atoms with E-state index in [0.29, 0.717) is 29.4 Å². The Hall–Kier alpha value is -2.70. The van der Waals surface area contributed by atoms with Crippen LogP contribution in [-0.2, 0) is 14.3 Å². The van der Waals surface area contributed by atoms with E-state index in [1.165, 1.54) is 6.42 Å². The molecule has 0 unspecified atom stereocenters. The van der Waals surface area contributed by atoms with Crippen molar-refractivity contribution in [3.8, 4) is 0 Å². The number of esters is 1. The van der Waals surface area contributed by atoms with Gasteiger partial charge in [-0.05, 0) is 36.8 Å². The first kappa shape index (κ1) is 21.0. The maximum atomic E-state index is 12.3. The third kappa shape index (κ3) is 4.83. The zero-order valence-electron chi connectivity index (χ0n) is 17.0. The Morgan fingerprint density at radius 3 is 2.41 bits per heavy atom. The van der Waals surface area contributed by atoms with Crippen LogP contribution in [-0.4, -0.2) is 47.8 Å². The molecule has 1 heterocycles. The van der Waals surface area contributed by atoms with Gasteiger partial charge in [0.05, 0.1) is 11.1 Å². The molecule has 1 fully saturated rings. The van der Waals surface area contributed by atoms with Gasteiger partial charge >= 0.3 is 5.97 Å². The van der Waals surface area contributed by atoms with E-state index in [1.54, 1.807) is 24.3 Å². The Labute approximate surface area is 170 Å². The Kier molecular flexibility index (Phi) is 6.67. The second-order valence-corrected chi connectivity index (χ2v) is 8.01. The van der Waals surface area contributed by atoms with Gasteiger partial charge in [-0.1, -0.05) is 38.8 Å². The predicted molar refractivity (Wildman–Crippen MR) is 106 cm³/mol. The van der Waals surface area contributed by atoms with Crippen molar-refractivity contribution in [2.45, 2.75) is 52.0 Å². The third-order valence-corrected chi connectivity index (χ3v) is 6.06. The van der Waals surface area contributed by atoms with Crippen LogP contribution in [0.25, 0.3) is 0 Å². The molecular formula is C22H28N2O5. The maximum absolute atomic E-state index is 12.3. The molecule has 0 saturated heterocycles. The highest BCUT2D eigenvalue weighted by Crippen LogP contribution is 2.29. The SMILES string of the molecule is C[C@@H]1[C@H](C)CCC[C@@H]1NC(=O)COC(=O)CCCN1C(=O)c2ccccc2C1=O. The van der Waals surface area contributed by atoms with Crippen molar-refractivity contribution < 1.29 is 23.9 Å². The summed E-state index contributed by atoms with van der Waals surface area (Å²) in [5.41, 5.74) is 0.783. The number of hydrogen-bond donors (Lipinski definition) is 1. The molecule has 29 heavy (non-hydrogen) atoms. The zero-order chi connectivity index (χ0) is 21.0. The number of carbonyl (C=O) groups excluding carboxylic acids is 4. The van der Waals surface area contributed by atoms with Gasteiger partial charge in [-0.3, -0.25) is 24.1 Å². The Balaban J connectivity index is 1.37. The van der Waals surface area contributed by atoms with Gasteiger partial charge in [0.25, 0.3) is 17.7 Å². The first-order valence-electron chi connectivity index (χ1n) is 10.3. The lowest BCUT2D eigenvalue weighted by Gasteiger charge is -2.34. The molecular weight excluding hydrogens is 372 g/mol. The molecule has 2 aliphatic rings. The van der Waals surface area contributed by atoms with Gasteiger partial charge in [-0.25, -0.2) is 0 Å². The van der Waals surface area contributed by atoms with Crippen LogP contribution in [0.3, 0.4) is 0 Å². The Morgan fingerprint density at radius 2 is 1.76 bits per heavy atom. The van der Waals surface area contributed by atoms with Crippen molar-refractivity contribution in [2.75, 3.05) is 13.2 Å². The molecule has 0 bridgehead atoms. The van der Waals surface area contributed by atoms with Gasteiger partial charge in [0, 0.05) is 19.0 Å². The lowest BCUT2D eigenvalue weighted by atomic mass is 9.78. The zero-order valence-corrected chi connectivity index (χ0v) is 17.0. The number of rotatable bonds is 7. The van der Waals surface area contributed by atoms with Crippen molar-refractivity contribution in [3.05, 3.63) is 35.4 Å². The quantitative estimate of drug-likeness (QED) is 0.561. The van der Waals surface area contributed by atoms with Gasteiger partial charge in [-0.15, -0.1) is 0 Å². The lowest BCUT2D eigenvalue weighted by molar-refractivity contribution is -0.149. The van der Waals surface area contributed by atoms with E-state index in [0.717, 1.165) is 17.7 Å².